The number of anilines is 1. The van der Waals surface area contributed by atoms with Gasteiger partial charge in [0.15, 0.2) is 0 Å². The Bertz CT molecular complexity index is 519. The van der Waals surface area contributed by atoms with Crippen LogP contribution >= 0.6 is 27.5 Å². The quantitative estimate of drug-likeness (QED) is 0.856. The van der Waals surface area contributed by atoms with E-state index in [0.29, 0.717) is 22.2 Å². The number of pyridine rings is 1. The third-order valence-corrected chi connectivity index (χ3v) is 2.69. The Morgan fingerprint density at radius 1 is 1.25 bits per heavy atom. The molecule has 0 amide bonds. The zero-order valence-corrected chi connectivity index (χ0v) is 10.5. The summed E-state index contributed by atoms with van der Waals surface area (Å²) in [6.45, 7) is 0. The van der Waals surface area contributed by atoms with Crippen LogP contribution in [0.3, 0.4) is 0 Å². The molecule has 0 aliphatic rings. The molecule has 0 radical (unpaired) electrons. The fourth-order valence-corrected chi connectivity index (χ4v) is 1.82. The number of nitrogens with two attached hydrogens (primary N) is 1. The number of benzene rings is 1. The van der Waals surface area contributed by atoms with Gasteiger partial charge in [-0.05, 0) is 34.1 Å². The van der Waals surface area contributed by atoms with Crippen LogP contribution in [0.4, 0.5) is 5.69 Å². The molecule has 2 aromatic rings. The Balaban J connectivity index is 2.27. The Hall–Kier alpha value is -1.26. The molecule has 0 spiro atoms. The van der Waals surface area contributed by atoms with Crippen LogP contribution in [0.1, 0.15) is 0 Å². The molecule has 82 valence electrons. The maximum absolute atomic E-state index is 5.80. The standard InChI is InChI=1S/C11H8BrClN2O/c12-10-4-8(14)1-2-11(10)16-9-3-7(13)5-15-6-9/h1-6H,14H2. The van der Waals surface area contributed by atoms with Crippen LogP contribution in [0.15, 0.2) is 41.1 Å². The van der Waals surface area contributed by atoms with Crippen LogP contribution in [0.5, 0.6) is 11.5 Å². The van der Waals surface area contributed by atoms with Gasteiger partial charge in [0.25, 0.3) is 0 Å². The van der Waals surface area contributed by atoms with Crippen molar-refractivity contribution in [3.63, 3.8) is 0 Å². The first kappa shape index (κ1) is 11.2. The zero-order chi connectivity index (χ0) is 11.5. The van der Waals surface area contributed by atoms with E-state index in [1.165, 1.54) is 0 Å². The molecular weight excluding hydrogens is 291 g/mol. The highest BCUT2D eigenvalue weighted by molar-refractivity contribution is 9.10. The van der Waals surface area contributed by atoms with Crippen molar-refractivity contribution in [3.05, 3.63) is 46.2 Å². The van der Waals surface area contributed by atoms with E-state index in [-0.39, 0.29) is 0 Å². The lowest BCUT2D eigenvalue weighted by molar-refractivity contribution is 0.477. The Labute approximate surface area is 106 Å². The topological polar surface area (TPSA) is 48.1 Å². The first-order valence-corrected chi connectivity index (χ1v) is 5.65. The summed E-state index contributed by atoms with van der Waals surface area (Å²) in [6, 6.07) is 7.00. The second-order valence-corrected chi connectivity index (χ2v) is 4.42. The molecule has 0 atom stereocenters. The van der Waals surface area contributed by atoms with Crippen LogP contribution in [0.2, 0.25) is 5.02 Å². The Morgan fingerprint density at radius 2 is 2.06 bits per heavy atom. The number of hydrogen-bond acceptors (Lipinski definition) is 3. The molecule has 0 aliphatic carbocycles. The average Bonchev–Trinajstić information content (AvgIpc) is 2.22. The van der Waals surface area contributed by atoms with Crippen molar-refractivity contribution in [2.75, 3.05) is 5.73 Å². The summed E-state index contributed by atoms with van der Waals surface area (Å²) in [6.07, 6.45) is 3.14. The van der Waals surface area contributed by atoms with E-state index >= 15 is 0 Å². The third-order valence-electron chi connectivity index (χ3n) is 1.86. The molecule has 3 nitrogen and oxygen atoms in total. The number of halogens is 2. The molecule has 16 heavy (non-hydrogen) atoms. The van der Waals surface area contributed by atoms with Gasteiger partial charge in [0.1, 0.15) is 11.5 Å². The number of rotatable bonds is 2. The van der Waals surface area contributed by atoms with Gasteiger partial charge in [0.2, 0.25) is 0 Å². The fourth-order valence-electron chi connectivity index (χ4n) is 1.18. The summed E-state index contributed by atoms with van der Waals surface area (Å²) in [5.74, 6) is 1.25. The molecule has 5 heteroatoms. The van der Waals surface area contributed by atoms with Crippen molar-refractivity contribution < 1.29 is 4.74 Å². The molecular formula is C11H8BrClN2O. The van der Waals surface area contributed by atoms with Gasteiger partial charge in [-0.1, -0.05) is 11.6 Å². The fraction of sp³-hybridized carbons (Fsp3) is 0. The van der Waals surface area contributed by atoms with Gasteiger partial charge in [-0.2, -0.15) is 0 Å². The van der Waals surface area contributed by atoms with Crippen molar-refractivity contribution in [2.45, 2.75) is 0 Å². The molecule has 0 unspecified atom stereocenters. The van der Waals surface area contributed by atoms with E-state index in [1.54, 1.807) is 36.7 Å². The second-order valence-electron chi connectivity index (χ2n) is 3.13. The second kappa shape index (κ2) is 4.72. The summed E-state index contributed by atoms with van der Waals surface area (Å²) in [5, 5.41) is 0.532. The van der Waals surface area contributed by atoms with E-state index in [0.717, 1.165) is 4.47 Å². The van der Waals surface area contributed by atoms with Gasteiger partial charge >= 0.3 is 0 Å². The van der Waals surface area contributed by atoms with Crippen molar-refractivity contribution in [2.24, 2.45) is 0 Å². The molecule has 0 bridgehead atoms. The summed E-state index contributed by atoms with van der Waals surface area (Å²) in [7, 11) is 0. The van der Waals surface area contributed by atoms with Gasteiger partial charge in [-0.3, -0.25) is 4.98 Å². The lowest BCUT2D eigenvalue weighted by Crippen LogP contribution is -1.89. The van der Waals surface area contributed by atoms with Crippen molar-refractivity contribution in [3.8, 4) is 11.5 Å². The summed E-state index contributed by atoms with van der Waals surface area (Å²) < 4.78 is 6.38. The Kier molecular flexibility index (Phi) is 3.31. The van der Waals surface area contributed by atoms with Gasteiger partial charge in [0, 0.05) is 18.0 Å². The van der Waals surface area contributed by atoms with Crippen LogP contribution < -0.4 is 10.5 Å². The first-order chi connectivity index (χ1) is 7.65. The van der Waals surface area contributed by atoms with E-state index in [9.17, 15) is 0 Å². The highest BCUT2D eigenvalue weighted by Gasteiger charge is 2.03. The minimum Gasteiger partial charge on any atom is -0.455 e. The van der Waals surface area contributed by atoms with E-state index in [1.807, 2.05) is 0 Å². The molecule has 2 rings (SSSR count). The Morgan fingerprint density at radius 3 is 2.75 bits per heavy atom. The predicted octanol–water partition coefficient (Wildman–Crippen LogP) is 3.87. The van der Waals surface area contributed by atoms with E-state index < -0.39 is 0 Å². The minimum atomic E-state index is 0.532. The van der Waals surface area contributed by atoms with Crippen LogP contribution in [0.25, 0.3) is 0 Å². The van der Waals surface area contributed by atoms with E-state index in [2.05, 4.69) is 20.9 Å². The van der Waals surface area contributed by atoms with Crippen molar-refractivity contribution in [1.82, 2.24) is 4.98 Å². The first-order valence-electron chi connectivity index (χ1n) is 4.48. The number of nitrogen functional groups attached to an aromatic ring is 1. The summed E-state index contributed by atoms with van der Waals surface area (Å²) in [4.78, 5) is 3.93. The lowest BCUT2D eigenvalue weighted by atomic mass is 10.3. The van der Waals surface area contributed by atoms with Crippen molar-refractivity contribution in [1.29, 1.82) is 0 Å². The number of hydrogen-bond donors (Lipinski definition) is 1. The van der Waals surface area contributed by atoms with Gasteiger partial charge < -0.3 is 10.5 Å². The number of nitrogens with zero attached hydrogens (tertiary/aromatic N) is 1. The normalized spacial score (nSPS) is 10.1. The molecule has 1 heterocycles. The smallest absolute Gasteiger partial charge is 0.147 e. The molecule has 0 saturated carbocycles. The minimum absolute atomic E-state index is 0.532. The summed E-state index contributed by atoms with van der Waals surface area (Å²) in [5.41, 5.74) is 6.30. The monoisotopic (exact) mass is 298 g/mol. The van der Waals surface area contributed by atoms with Gasteiger partial charge in [-0.15, -0.1) is 0 Å². The van der Waals surface area contributed by atoms with E-state index in [4.69, 9.17) is 22.1 Å². The molecule has 0 fully saturated rings. The maximum Gasteiger partial charge on any atom is 0.147 e. The lowest BCUT2D eigenvalue weighted by Gasteiger charge is -2.07. The maximum atomic E-state index is 5.80. The third kappa shape index (κ3) is 2.65. The summed E-state index contributed by atoms with van der Waals surface area (Å²) >= 11 is 9.17. The van der Waals surface area contributed by atoms with Crippen molar-refractivity contribution >= 4 is 33.2 Å². The SMILES string of the molecule is Nc1ccc(Oc2cncc(Cl)c2)c(Br)c1. The highest BCUT2D eigenvalue weighted by Crippen LogP contribution is 2.31. The van der Waals surface area contributed by atoms with Crippen LogP contribution in [-0.2, 0) is 0 Å². The molecule has 0 saturated heterocycles. The van der Waals surface area contributed by atoms with Crippen LogP contribution in [-0.4, -0.2) is 4.98 Å². The number of aromatic nitrogens is 1. The average molecular weight is 300 g/mol. The predicted molar refractivity (Wildman–Crippen MR) is 67.9 cm³/mol. The van der Waals surface area contributed by atoms with Gasteiger partial charge in [0.05, 0.1) is 15.7 Å². The number of ether oxygens (including phenoxy) is 1. The molecule has 1 aromatic carbocycles. The van der Waals surface area contributed by atoms with Crippen LogP contribution in [0, 0.1) is 0 Å². The highest BCUT2D eigenvalue weighted by atomic mass is 79.9. The molecule has 1 aromatic heterocycles. The molecule has 2 N–H and O–H groups in total. The zero-order valence-electron chi connectivity index (χ0n) is 8.15. The molecule has 0 aliphatic heterocycles. The van der Waals surface area contributed by atoms with Gasteiger partial charge in [-0.25, -0.2) is 0 Å². The largest absolute Gasteiger partial charge is 0.455 e.